The Balaban J connectivity index is 2.43. The molecule has 0 spiro atoms. The summed E-state index contributed by atoms with van der Waals surface area (Å²) in [6, 6.07) is 5.31. The number of benzene rings is 1. The molecule has 1 heterocycles. The van der Waals surface area contributed by atoms with Crippen LogP contribution < -0.4 is 10.5 Å². The zero-order valence-electron chi connectivity index (χ0n) is 13.1. The van der Waals surface area contributed by atoms with Crippen LogP contribution in [0.15, 0.2) is 23.0 Å². The van der Waals surface area contributed by atoms with Gasteiger partial charge in [-0.25, -0.2) is 9.89 Å². The number of hydrogen-bond acceptors (Lipinski definition) is 4. The van der Waals surface area contributed by atoms with E-state index in [1.165, 1.54) is 0 Å². The molecule has 0 aliphatic heterocycles. The maximum Gasteiger partial charge on any atom is 0.337 e. The summed E-state index contributed by atoms with van der Waals surface area (Å²) in [6.45, 7) is 3.59. The molecular weight excluding hydrogens is 282 g/mol. The van der Waals surface area contributed by atoms with Crippen molar-refractivity contribution in [3.05, 3.63) is 56.5 Å². The van der Waals surface area contributed by atoms with Gasteiger partial charge in [0.2, 0.25) is 0 Å². The molecule has 6 heteroatoms. The minimum absolute atomic E-state index is 0.199. The van der Waals surface area contributed by atoms with Crippen LogP contribution in [-0.4, -0.2) is 35.4 Å². The van der Waals surface area contributed by atoms with Gasteiger partial charge in [-0.3, -0.25) is 4.79 Å². The molecule has 0 saturated heterocycles. The van der Waals surface area contributed by atoms with Gasteiger partial charge in [0.15, 0.2) is 0 Å². The second-order valence-electron chi connectivity index (χ2n) is 5.48. The highest BCUT2D eigenvalue weighted by molar-refractivity contribution is 5.94. The van der Waals surface area contributed by atoms with E-state index in [1.807, 2.05) is 13.0 Å². The van der Waals surface area contributed by atoms with E-state index in [0.29, 0.717) is 17.7 Å². The molecule has 0 radical (unpaired) electrons. The van der Waals surface area contributed by atoms with Gasteiger partial charge in [-0.1, -0.05) is 6.07 Å². The number of aromatic amines is 1. The second kappa shape index (κ2) is 6.01. The number of carboxylic acids is 1. The summed E-state index contributed by atoms with van der Waals surface area (Å²) in [7, 11) is 3.61. The highest BCUT2D eigenvalue weighted by Gasteiger charge is 2.14. The number of aromatic carboxylic acids is 1. The first-order valence-electron chi connectivity index (χ1n) is 6.89. The van der Waals surface area contributed by atoms with Gasteiger partial charge in [0.25, 0.3) is 5.56 Å². The second-order valence-corrected chi connectivity index (χ2v) is 5.48. The van der Waals surface area contributed by atoms with Crippen molar-refractivity contribution in [2.75, 3.05) is 19.0 Å². The minimum Gasteiger partial charge on any atom is -0.478 e. The molecule has 0 atom stereocenters. The number of aromatic nitrogens is 2. The Morgan fingerprint density at radius 2 is 1.95 bits per heavy atom. The molecule has 116 valence electrons. The molecule has 2 aromatic rings. The first kappa shape index (κ1) is 15.8. The normalized spacial score (nSPS) is 10.5. The molecule has 0 unspecified atom stereocenters. The van der Waals surface area contributed by atoms with Crippen LogP contribution >= 0.6 is 0 Å². The van der Waals surface area contributed by atoms with E-state index in [1.54, 1.807) is 38.1 Å². The highest BCUT2D eigenvalue weighted by Crippen LogP contribution is 2.22. The Kier molecular flexibility index (Phi) is 4.30. The first-order chi connectivity index (χ1) is 10.3. The SMILES string of the molecule is Cc1c(Cc2ccc(N(C)C)c(C(=O)O)c2)n[nH]c(=O)c1C. The number of anilines is 1. The van der Waals surface area contributed by atoms with Crippen molar-refractivity contribution >= 4 is 11.7 Å². The number of H-pyrrole nitrogens is 1. The summed E-state index contributed by atoms with van der Waals surface area (Å²) in [5.41, 5.74) is 3.75. The largest absolute Gasteiger partial charge is 0.478 e. The Hall–Kier alpha value is -2.63. The topological polar surface area (TPSA) is 86.3 Å². The summed E-state index contributed by atoms with van der Waals surface area (Å²) >= 11 is 0. The minimum atomic E-state index is -0.965. The number of carbonyl (C=O) groups is 1. The summed E-state index contributed by atoms with van der Waals surface area (Å²) in [5.74, 6) is -0.965. The van der Waals surface area contributed by atoms with Crippen molar-refractivity contribution in [2.45, 2.75) is 20.3 Å². The molecule has 6 nitrogen and oxygen atoms in total. The van der Waals surface area contributed by atoms with E-state index >= 15 is 0 Å². The molecule has 1 aromatic carbocycles. The Morgan fingerprint density at radius 3 is 2.55 bits per heavy atom. The van der Waals surface area contributed by atoms with Gasteiger partial charge < -0.3 is 10.0 Å². The van der Waals surface area contributed by atoms with E-state index in [0.717, 1.165) is 16.8 Å². The van der Waals surface area contributed by atoms with Gasteiger partial charge in [-0.15, -0.1) is 0 Å². The predicted octanol–water partition coefficient (Wildman–Crippen LogP) is 1.74. The van der Waals surface area contributed by atoms with Crippen molar-refractivity contribution in [3.63, 3.8) is 0 Å². The third-order valence-electron chi connectivity index (χ3n) is 3.77. The van der Waals surface area contributed by atoms with Gasteiger partial charge in [0.05, 0.1) is 16.9 Å². The van der Waals surface area contributed by atoms with Crippen LogP contribution in [0.1, 0.15) is 32.7 Å². The number of carboxylic acid groups (broad SMARTS) is 1. The van der Waals surface area contributed by atoms with Gasteiger partial charge >= 0.3 is 5.97 Å². The molecule has 0 amide bonds. The standard InChI is InChI=1S/C16H19N3O3/c1-9-10(2)15(20)18-17-13(9)8-11-5-6-14(19(3)4)12(7-11)16(21)22/h5-7H,8H2,1-4H3,(H,18,20)(H,21,22). The molecule has 0 bridgehead atoms. The molecular formula is C16H19N3O3. The van der Waals surface area contributed by atoms with Crippen LogP contribution in [0.5, 0.6) is 0 Å². The molecule has 1 aromatic heterocycles. The monoisotopic (exact) mass is 301 g/mol. The van der Waals surface area contributed by atoms with Crippen molar-refractivity contribution < 1.29 is 9.90 Å². The predicted molar refractivity (Wildman–Crippen MR) is 84.9 cm³/mol. The Labute approximate surface area is 128 Å². The summed E-state index contributed by atoms with van der Waals surface area (Å²) in [6.07, 6.45) is 0.470. The average molecular weight is 301 g/mol. The highest BCUT2D eigenvalue weighted by atomic mass is 16.4. The van der Waals surface area contributed by atoms with Crippen LogP contribution in [0.25, 0.3) is 0 Å². The average Bonchev–Trinajstić information content (AvgIpc) is 2.47. The maximum atomic E-state index is 11.5. The smallest absolute Gasteiger partial charge is 0.337 e. The van der Waals surface area contributed by atoms with Gasteiger partial charge in [-0.05, 0) is 37.1 Å². The Morgan fingerprint density at radius 1 is 1.27 bits per heavy atom. The van der Waals surface area contributed by atoms with Crippen molar-refractivity contribution in [3.8, 4) is 0 Å². The summed E-state index contributed by atoms with van der Waals surface area (Å²) in [5, 5.41) is 15.9. The summed E-state index contributed by atoms with van der Waals surface area (Å²) in [4.78, 5) is 24.7. The fourth-order valence-electron chi connectivity index (χ4n) is 2.29. The number of nitrogens with zero attached hydrogens (tertiary/aromatic N) is 2. The number of hydrogen-bond donors (Lipinski definition) is 2. The molecule has 0 fully saturated rings. The van der Waals surface area contributed by atoms with E-state index in [9.17, 15) is 14.7 Å². The van der Waals surface area contributed by atoms with Crippen LogP contribution in [0.2, 0.25) is 0 Å². The number of rotatable bonds is 4. The summed E-state index contributed by atoms with van der Waals surface area (Å²) < 4.78 is 0. The number of nitrogens with one attached hydrogen (secondary N) is 1. The molecule has 22 heavy (non-hydrogen) atoms. The molecule has 0 aliphatic carbocycles. The van der Waals surface area contributed by atoms with Gasteiger partial charge in [-0.2, -0.15) is 5.10 Å². The lowest BCUT2D eigenvalue weighted by Crippen LogP contribution is -2.17. The maximum absolute atomic E-state index is 11.5. The van der Waals surface area contributed by atoms with Gasteiger partial charge in [0, 0.05) is 26.1 Å². The zero-order valence-corrected chi connectivity index (χ0v) is 13.1. The third-order valence-corrected chi connectivity index (χ3v) is 3.77. The zero-order chi connectivity index (χ0) is 16.4. The molecule has 0 saturated carbocycles. The van der Waals surface area contributed by atoms with Crippen LogP contribution in [0.3, 0.4) is 0 Å². The fourth-order valence-corrected chi connectivity index (χ4v) is 2.29. The van der Waals surface area contributed by atoms with E-state index in [2.05, 4.69) is 10.2 Å². The van der Waals surface area contributed by atoms with Gasteiger partial charge in [0.1, 0.15) is 0 Å². The lowest BCUT2D eigenvalue weighted by Gasteiger charge is -2.16. The fraction of sp³-hybridized carbons (Fsp3) is 0.312. The van der Waals surface area contributed by atoms with E-state index in [4.69, 9.17) is 0 Å². The van der Waals surface area contributed by atoms with Crippen LogP contribution in [0, 0.1) is 13.8 Å². The Bertz CT molecular complexity index is 779. The van der Waals surface area contributed by atoms with Crippen molar-refractivity contribution in [2.24, 2.45) is 0 Å². The first-order valence-corrected chi connectivity index (χ1v) is 6.89. The van der Waals surface area contributed by atoms with Crippen molar-refractivity contribution in [1.29, 1.82) is 0 Å². The lowest BCUT2D eigenvalue weighted by molar-refractivity contribution is 0.0697. The molecule has 2 N–H and O–H groups in total. The molecule has 2 rings (SSSR count). The van der Waals surface area contributed by atoms with E-state index in [-0.39, 0.29) is 11.1 Å². The van der Waals surface area contributed by atoms with E-state index < -0.39 is 5.97 Å². The lowest BCUT2D eigenvalue weighted by atomic mass is 10.0. The van der Waals surface area contributed by atoms with Crippen molar-refractivity contribution in [1.82, 2.24) is 10.2 Å². The third kappa shape index (κ3) is 3.00. The molecule has 0 aliphatic rings. The quantitative estimate of drug-likeness (QED) is 0.898. The van der Waals surface area contributed by atoms with Crippen LogP contribution in [0.4, 0.5) is 5.69 Å². The van der Waals surface area contributed by atoms with Crippen LogP contribution in [-0.2, 0) is 6.42 Å².